The zero-order valence-electron chi connectivity index (χ0n) is 3.04. The molecule has 0 spiro atoms. The second kappa shape index (κ2) is 130. The van der Waals surface area contributed by atoms with Crippen LogP contribution in [0.5, 0.6) is 0 Å². The molecule has 4 nitrogen and oxygen atoms in total. The SMILES string of the molecule is [Mn+2].[Mn+2].[OH-].[OH-].[OH-].[OH-].[Ti]. The van der Waals surface area contributed by atoms with Crippen LogP contribution in [0.4, 0.5) is 0 Å². The summed E-state index contributed by atoms with van der Waals surface area (Å²) in [5.41, 5.74) is 0. The van der Waals surface area contributed by atoms with Gasteiger partial charge in [-0.3, -0.25) is 0 Å². The summed E-state index contributed by atoms with van der Waals surface area (Å²) < 4.78 is 0. The van der Waals surface area contributed by atoms with Gasteiger partial charge in [-0.05, 0) is 0 Å². The molecule has 0 amide bonds. The molecular weight excluding hydrogens is 222 g/mol. The Labute approximate surface area is 77.5 Å². The Hall–Kier alpha value is 1.59. The topological polar surface area (TPSA) is 120 Å². The van der Waals surface area contributed by atoms with Gasteiger partial charge >= 0.3 is 34.1 Å². The first-order valence-electron chi connectivity index (χ1n) is 0. The Kier molecular flexibility index (Phi) is 3630. The van der Waals surface area contributed by atoms with Crippen LogP contribution in [-0.2, 0) is 55.9 Å². The fraction of sp³-hybridized carbons (Fsp3) is 0. The van der Waals surface area contributed by atoms with Crippen molar-refractivity contribution in [1.82, 2.24) is 0 Å². The summed E-state index contributed by atoms with van der Waals surface area (Å²) >= 11 is 0. The molecule has 0 heterocycles. The monoisotopic (exact) mass is 226 g/mol. The van der Waals surface area contributed by atoms with Crippen molar-refractivity contribution in [2.45, 2.75) is 0 Å². The summed E-state index contributed by atoms with van der Waals surface area (Å²) in [5.74, 6) is 0. The molecule has 46 valence electrons. The number of rotatable bonds is 0. The van der Waals surface area contributed by atoms with E-state index >= 15 is 0 Å². The third kappa shape index (κ3) is 93.6. The van der Waals surface area contributed by atoms with Crippen molar-refractivity contribution < 1.29 is 77.8 Å². The van der Waals surface area contributed by atoms with Gasteiger partial charge in [0, 0.05) is 21.7 Å². The van der Waals surface area contributed by atoms with Crippen LogP contribution in [0.1, 0.15) is 0 Å². The van der Waals surface area contributed by atoms with Crippen molar-refractivity contribution >= 4 is 0 Å². The molecule has 0 aromatic rings. The maximum absolute atomic E-state index is 0. The molecule has 0 aliphatic carbocycles. The summed E-state index contributed by atoms with van der Waals surface area (Å²) in [5, 5.41) is 0. The second-order valence-electron chi connectivity index (χ2n) is 0. The summed E-state index contributed by atoms with van der Waals surface area (Å²) in [4.78, 5) is 0. The van der Waals surface area contributed by atoms with Crippen LogP contribution in [0.15, 0.2) is 0 Å². The third-order valence-corrected chi connectivity index (χ3v) is 0. The Morgan fingerprint density at radius 2 is 0.429 bits per heavy atom. The predicted molar refractivity (Wildman–Crippen MR) is 7.74 cm³/mol. The van der Waals surface area contributed by atoms with E-state index in [4.69, 9.17) is 0 Å². The van der Waals surface area contributed by atoms with Crippen molar-refractivity contribution in [1.29, 1.82) is 0 Å². The molecule has 0 fully saturated rings. The van der Waals surface area contributed by atoms with Gasteiger partial charge in [0.05, 0.1) is 0 Å². The molecule has 7 heteroatoms. The zero-order valence-corrected chi connectivity index (χ0v) is 6.97. The van der Waals surface area contributed by atoms with Gasteiger partial charge in [-0.15, -0.1) is 0 Å². The molecule has 0 aromatic heterocycles. The maximum atomic E-state index is 0. The van der Waals surface area contributed by atoms with E-state index in [0.29, 0.717) is 0 Å². The number of hydrogen-bond acceptors (Lipinski definition) is 4. The van der Waals surface area contributed by atoms with Crippen molar-refractivity contribution in [2.75, 3.05) is 0 Å². The summed E-state index contributed by atoms with van der Waals surface area (Å²) in [6.45, 7) is 0. The Balaban J connectivity index is 0. The standard InChI is InChI=1S/2Mn.4H2O.Ti/h;;4*1H2;/q2*+2;;;;;/p-4. The van der Waals surface area contributed by atoms with E-state index < -0.39 is 0 Å². The normalized spacial score (nSPS) is 0. The minimum atomic E-state index is 0. The molecule has 7 heavy (non-hydrogen) atoms. The molecule has 0 saturated heterocycles. The Morgan fingerprint density at radius 1 is 0.429 bits per heavy atom. The fourth-order valence-corrected chi connectivity index (χ4v) is 0. The van der Waals surface area contributed by atoms with Crippen molar-refractivity contribution in [3.05, 3.63) is 0 Å². The van der Waals surface area contributed by atoms with E-state index in [1.54, 1.807) is 0 Å². The average Bonchev–Trinajstić information content (AvgIpc) is 0. The van der Waals surface area contributed by atoms with Gasteiger partial charge < -0.3 is 21.9 Å². The molecule has 0 aromatic carbocycles. The van der Waals surface area contributed by atoms with Crippen LogP contribution in [0.25, 0.3) is 0 Å². The van der Waals surface area contributed by atoms with Gasteiger partial charge in [0.2, 0.25) is 0 Å². The molecule has 0 saturated carbocycles. The number of hydrogen-bond donors (Lipinski definition) is 0. The third-order valence-electron chi connectivity index (χ3n) is 0. The van der Waals surface area contributed by atoms with Gasteiger partial charge in [0.1, 0.15) is 0 Å². The van der Waals surface area contributed by atoms with Gasteiger partial charge in [0.15, 0.2) is 0 Å². The first-order chi connectivity index (χ1) is 0. The Morgan fingerprint density at radius 3 is 0.429 bits per heavy atom. The molecule has 0 bridgehead atoms. The van der Waals surface area contributed by atoms with Crippen molar-refractivity contribution in [3.63, 3.8) is 0 Å². The molecule has 0 atom stereocenters. The van der Waals surface area contributed by atoms with Gasteiger partial charge in [-0.2, -0.15) is 0 Å². The summed E-state index contributed by atoms with van der Waals surface area (Å²) in [7, 11) is 0. The molecule has 0 aliphatic rings. The maximum Gasteiger partial charge on any atom is 2.00 e. The zero-order chi connectivity index (χ0) is 0. The van der Waals surface area contributed by atoms with Crippen LogP contribution >= 0.6 is 0 Å². The Bertz CT molecular complexity index is 9.65. The van der Waals surface area contributed by atoms with Crippen molar-refractivity contribution in [3.8, 4) is 0 Å². The second-order valence-corrected chi connectivity index (χ2v) is 0. The smallest absolute Gasteiger partial charge is 0.870 e. The fourth-order valence-electron chi connectivity index (χ4n) is 0. The van der Waals surface area contributed by atoms with Crippen LogP contribution in [0.2, 0.25) is 0 Å². The minimum Gasteiger partial charge on any atom is -0.870 e. The molecule has 2 radical (unpaired) electrons. The average molecular weight is 226 g/mol. The van der Waals surface area contributed by atoms with E-state index in [9.17, 15) is 0 Å². The van der Waals surface area contributed by atoms with Crippen LogP contribution in [0.3, 0.4) is 0 Å². The van der Waals surface area contributed by atoms with E-state index in [1.807, 2.05) is 0 Å². The van der Waals surface area contributed by atoms with E-state index in [0.717, 1.165) is 0 Å². The van der Waals surface area contributed by atoms with E-state index in [-0.39, 0.29) is 77.8 Å². The van der Waals surface area contributed by atoms with Crippen LogP contribution in [-0.4, -0.2) is 21.9 Å². The predicted octanol–water partition coefficient (Wildman–Crippen LogP) is -0.715. The molecule has 0 aliphatic heterocycles. The first kappa shape index (κ1) is 195. The van der Waals surface area contributed by atoms with Gasteiger partial charge in [-0.25, -0.2) is 0 Å². The van der Waals surface area contributed by atoms with Gasteiger partial charge in [0.25, 0.3) is 0 Å². The van der Waals surface area contributed by atoms with E-state index in [1.165, 1.54) is 0 Å². The molecular formula is H4Mn2O4Ti. The summed E-state index contributed by atoms with van der Waals surface area (Å²) in [6.07, 6.45) is 0. The molecule has 0 unspecified atom stereocenters. The largest absolute Gasteiger partial charge is 2.00 e. The van der Waals surface area contributed by atoms with Crippen LogP contribution < -0.4 is 0 Å². The quantitative estimate of drug-likeness (QED) is 0.506. The minimum absolute atomic E-state index is 0. The van der Waals surface area contributed by atoms with E-state index in [2.05, 4.69) is 0 Å². The summed E-state index contributed by atoms with van der Waals surface area (Å²) in [6, 6.07) is 0. The molecule has 4 N–H and O–H groups in total. The van der Waals surface area contributed by atoms with Crippen LogP contribution in [0, 0.1) is 0 Å². The first-order valence-corrected chi connectivity index (χ1v) is 0. The van der Waals surface area contributed by atoms with Crippen molar-refractivity contribution in [2.24, 2.45) is 0 Å². The molecule has 0 rings (SSSR count). The van der Waals surface area contributed by atoms with Gasteiger partial charge in [-0.1, -0.05) is 0 Å².